The van der Waals surface area contributed by atoms with Gasteiger partial charge in [0, 0.05) is 0 Å². The molecule has 3 heterocycles. The molecule has 0 aliphatic carbocycles. The van der Waals surface area contributed by atoms with Crippen LogP contribution in [0.15, 0.2) is 53.1 Å². The summed E-state index contributed by atoms with van der Waals surface area (Å²) in [7, 11) is 0. The van der Waals surface area contributed by atoms with Crippen LogP contribution in [0.2, 0.25) is 0 Å². The maximum absolute atomic E-state index is 12.8. The molecule has 3 amide bonds. The number of imide groups is 1. The van der Waals surface area contributed by atoms with Crippen LogP contribution in [0.1, 0.15) is 17.0 Å². The molecule has 2 aliphatic rings. The number of nitrogens with zero attached hydrogens (tertiary/aromatic N) is 2. The first-order chi connectivity index (χ1) is 12.6. The number of furan rings is 1. The first-order valence-corrected chi connectivity index (χ1v) is 8.74. The van der Waals surface area contributed by atoms with Crippen molar-refractivity contribution in [2.75, 3.05) is 31.1 Å². The number of carbonyl (C=O) groups excluding carboxylic acids is 3. The zero-order chi connectivity index (χ0) is 18.1. The van der Waals surface area contributed by atoms with E-state index in [4.69, 9.17) is 4.42 Å². The van der Waals surface area contributed by atoms with Gasteiger partial charge in [0.2, 0.25) is 5.91 Å². The van der Waals surface area contributed by atoms with E-state index in [1.165, 1.54) is 11.2 Å². The molecule has 2 fully saturated rings. The van der Waals surface area contributed by atoms with E-state index in [2.05, 4.69) is 0 Å². The second kappa shape index (κ2) is 6.76. The van der Waals surface area contributed by atoms with Gasteiger partial charge in [-0.3, -0.25) is 14.4 Å². The van der Waals surface area contributed by atoms with Crippen LogP contribution in [0.4, 0.5) is 5.69 Å². The van der Waals surface area contributed by atoms with Gasteiger partial charge in [0.1, 0.15) is 0 Å². The summed E-state index contributed by atoms with van der Waals surface area (Å²) in [5, 5.41) is 0. The number of piperazine rings is 1. The third-order valence-electron chi connectivity index (χ3n) is 5.08. The molecule has 134 valence electrons. The maximum atomic E-state index is 12.8. The minimum absolute atomic E-state index is 0.131. The van der Waals surface area contributed by atoms with E-state index >= 15 is 0 Å². The van der Waals surface area contributed by atoms with Crippen molar-refractivity contribution in [3.8, 4) is 0 Å². The van der Waals surface area contributed by atoms with Crippen molar-refractivity contribution in [3.63, 3.8) is 0 Å². The predicted molar refractivity (Wildman–Crippen MR) is 92.6 cm³/mol. The molecule has 0 bridgehead atoms. The molecule has 7 nitrogen and oxygen atoms in total. The molecule has 0 radical (unpaired) electrons. The minimum atomic E-state index is -0.372. The largest absolute Gasteiger partial charge is 0.459 e. The summed E-state index contributed by atoms with van der Waals surface area (Å²) < 4.78 is 5.17. The van der Waals surface area contributed by atoms with Gasteiger partial charge in [0.15, 0.2) is 11.8 Å². The summed E-state index contributed by atoms with van der Waals surface area (Å²) in [5.74, 6) is -0.112. The van der Waals surface area contributed by atoms with Gasteiger partial charge >= 0.3 is 0 Å². The lowest BCUT2D eigenvalue weighted by molar-refractivity contribution is -0.918. The number of carbonyl (C=O) groups is 3. The summed E-state index contributed by atoms with van der Waals surface area (Å²) in [6.45, 7) is 2.36. The molecule has 0 unspecified atom stereocenters. The predicted octanol–water partition coefficient (Wildman–Crippen LogP) is -0.0476. The molecule has 7 heteroatoms. The Balaban J connectivity index is 1.41. The molecule has 2 aromatic rings. The lowest BCUT2D eigenvalue weighted by atomic mass is 10.1. The average Bonchev–Trinajstić information content (AvgIpc) is 3.30. The molecule has 2 saturated heterocycles. The number of hydrogen-bond donors (Lipinski definition) is 1. The Kier molecular flexibility index (Phi) is 4.30. The highest BCUT2D eigenvalue weighted by molar-refractivity contribution is 6.21. The van der Waals surface area contributed by atoms with Gasteiger partial charge in [-0.15, -0.1) is 0 Å². The van der Waals surface area contributed by atoms with Crippen molar-refractivity contribution in [1.29, 1.82) is 0 Å². The quantitative estimate of drug-likeness (QED) is 0.785. The van der Waals surface area contributed by atoms with Gasteiger partial charge in [-0.25, -0.2) is 4.90 Å². The van der Waals surface area contributed by atoms with Crippen LogP contribution in [0.3, 0.4) is 0 Å². The molecule has 1 aromatic heterocycles. The lowest BCUT2D eigenvalue weighted by Gasteiger charge is -2.34. The molecule has 1 atom stereocenters. The van der Waals surface area contributed by atoms with Gasteiger partial charge in [0.25, 0.3) is 11.8 Å². The Morgan fingerprint density at radius 2 is 1.77 bits per heavy atom. The monoisotopic (exact) mass is 354 g/mol. The van der Waals surface area contributed by atoms with Crippen LogP contribution in [-0.4, -0.2) is 54.8 Å². The zero-order valence-corrected chi connectivity index (χ0v) is 14.3. The zero-order valence-electron chi connectivity index (χ0n) is 14.3. The van der Waals surface area contributed by atoms with E-state index in [0.29, 0.717) is 37.6 Å². The number of hydrogen-bond acceptors (Lipinski definition) is 4. The molecule has 26 heavy (non-hydrogen) atoms. The van der Waals surface area contributed by atoms with Crippen LogP contribution >= 0.6 is 0 Å². The van der Waals surface area contributed by atoms with Gasteiger partial charge in [-0.05, 0) is 24.3 Å². The molecular formula is C19H20N3O4+. The number of quaternary nitrogens is 1. The van der Waals surface area contributed by atoms with E-state index in [9.17, 15) is 14.4 Å². The Hall–Kier alpha value is -2.93. The fraction of sp³-hybridized carbons (Fsp3) is 0.316. The highest BCUT2D eigenvalue weighted by Gasteiger charge is 2.46. The Morgan fingerprint density at radius 3 is 2.42 bits per heavy atom. The summed E-state index contributed by atoms with van der Waals surface area (Å²) in [6, 6.07) is 12.0. The van der Waals surface area contributed by atoms with Gasteiger partial charge in [-0.1, -0.05) is 18.2 Å². The highest BCUT2D eigenvalue weighted by atomic mass is 16.3. The standard InChI is InChI=1S/C19H19N3O4/c23-17-13-15(18(24)22(17)14-5-2-1-3-6-14)20-8-10-21(11-9-20)19(25)16-7-4-12-26-16/h1-7,12,15H,8-11,13H2/p+1/t15-/m0/s1. The van der Waals surface area contributed by atoms with Gasteiger partial charge in [-0.2, -0.15) is 0 Å². The topological polar surface area (TPSA) is 75.3 Å². The number of anilines is 1. The third kappa shape index (κ3) is 2.90. The van der Waals surface area contributed by atoms with Crippen LogP contribution < -0.4 is 9.80 Å². The SMILES string of the molecule is O=C(c1ccco1)N1CC[NH+]([C@H]2CC(=O)N(c3ccccc3)C2=O)CC1. The van der Waals surface area contributed by atoms with Crippen LogP contribution in [0.5, 0.6) is 0 Å². The van der Waals surface area contributed by atoms with Crippen molar-refractivity contribution >= 4 is 23.4 Å². The number of para-hydroxylation sites is 1. The van der Waals surface area contributed by atoms with Crippen LogP contribution in [0.25, 0.3) is 0 Å². The van der Waals surface area contributed by atoms with Crippen LogP contribution in [0, 0.1) is 0 Å². The molecular weight excluding hydrogens is 334 g/mol. The second-order valence-electron chi connectivity index (χ2n) is 6.59. The van der Waals surface area contributed by atoms with E-state index in [0.717, 1.165) is 4.90 Å². The number of rotatable bonds is 3. The fourth-order valence-corrected chi connectivity index (χ4v) is 3.70. The fourth-order valence-electron chi connectivity index (χ4n) is 3.70. The molecule has 2 aliphatic heterocycles. The van der Waals surface area contributed by atoms with Crippen molar-refractivity contribution in [3.05, 3.63) is 54.5 Å². The first-order valence-electron chi connectivity index (χ1n) is 8.74. The molecule has 0 spiro atoms. The van der Waals surface area contributed by atoms with E-state index in [1.54, 1.807) is 29.2 Å². The average molecular weight is 354 g/mol. The molecule has 0 saturated carbocycles. The van der Waals surface area contributed by atoms with Gasteiger partial charge in [0.05, 0.1) is 44.6 Å². The lowest BCUT2D eigenvalue weighted by Crippen LogP contribution is -3.19. The van der Waals surface area contributed by atoms with Crippen molar-refractivity contribution in [2.24, 2.45) is 0 Å². The van der Waals surface area contributed by atoms with Crippen molar-refractivity contribution in [1.82, 2.24) is 4.90 Å². The van der Waals surface area contributed by atoms with Crippen LogP contribution in [-0.2, 0) is 9.59 Å². The highest BCUT2D eigenvalue weighted by Crippen LogP contribution is 2.21. The number of benzene rings is 1. The Morgan fingerprint density at radius 1 is 1.04 bits per heavy atom. The Bertz CT molecular complexity index is 811. The molecule has 1 N–H and O–H groups in total. The van der Waals surface area contributed by atoms with Gasteiger partial charge < -0.3 is 14.2 Å². The first kappa shape index (κ1) is 16.5. The van der Waals surface area contributed by atoms with Crippen molar-refractivity contribution in [2.45, 2.75) is 12.5 Å². The summed E-state index contributed by atoms with van der Waals surface area (Å²) >= 11 is 0. The normalized spacial score (nSPS) is 21.5. The summed E-state index contributed by atoms with van der Waals surface area (Å²) in [6.07, 6.45) is 1.70. The number of amides is 3. The Labute approximate surface area is 150 Å². The van der Waals surface area contributed by atoms with E-state index in [-0.39, 0.29) is 30.2 Å². The summed E-state index contributed by atoms with van der Waals surface area (Å²) in [4.78, 5) is 41.6. The third-order valence-corrected chi connectivity index (χ3v) is 5.08. The molecule has 4 rings (SSSR count). The number of nitrogens with one attached hydrogen (secondary N) is 1. The molecule has 1 aromatic carbocycles. The smallest absolute Gasteiger partial charge is 0.292 e. The summed E-state index contributed by atoms with van der Waals surface area (Å²) in [5.41, 5.74) is 0.621. The van der Waals surface area contributed by atoms with E-state index in [1.807, 2.05) is 18.2 Å². The minimum Gasteiger partial charge on any atom is -0.459 e. The van der Waals surface area contributed by atoms with E-state index < -0.39 is 0 Å². The maximum Gasteiger partial charge on any atom is 0.292 e. The van der Waals surface area contributed by atoms with Crippen molar-refractivity contribution < 1.29 is 23.7 Å². The second-order valence-corrected chi connectivity index (χ2v) is 6.59.